The number of piperidine rings is 1. The molecule has 0 atom stereocenters. The van der Waals surface area contributed by atoms with Gasteiger partial charge < -0.3 is 24.4 Å². The minimum absolute atomic E-state index is 0.0394. The maximum Gasteiger partial charge on any atom is 0.345 e. The SMILES string of the molecule is COc1cc2ncnc(Nc3ccc(F)c(Cl)c3F)c2cc1OCCCN1CCC(OC(F)F)CC1. The summed E-state index contributed by atoms with van der Waals surface area (Å²) in [5, 5.41) is 2.76. The van der Waals surface area contributed by atoms with Crippen LogP contribution in [0.4, 0.5) is 29.1 Å². The van der Waals surface area contributed by atoms with Gasteiger partial charge in [0.2, 0.25) is 0 Å². The number of anilines is 2. The second kappa shape index (κ2) is 11.9. The third-order valence-corrected chi connectivity index (χ3v) is 6.26. The number of halogens is 5. The monoisotopic (exact) mass is 528 g/mol. The molecule has 0 saturated carbocycles. The lowest BCUT2D eigenvalue weighted by Crippen LogP contribution is -2.38. The number of rotatable bonds is 10. The van der Waals surface area contributed by atoms with Gasteiger partial charge >= 0.3 is 6.61 Å². The van der Waals surface area contributed by atoms with Crippen molar-refractivity contribution >= 4 is 34.0 Å². The van der Waals surface area contributed by atoms with E-state index in [4.69, 9.17) is 21.1 Å². The second-order valence-electron chi connectivity index (χ2n) is 8.23. The van der Waals surface area contributed by atoms with Crippen LogP contribution in [-0.4, -0.2) is 60.9 Å². The zero-order valence-electron chi connectivity index (χ0n) is 19.4. The summed E-state index contributed by atoms with van der Waals surface area (Å²) in [7, 11) is 1.51. The van der Waals surface area contributed by atoms with Crippen molar-refractivity contribution in [2.75, 3.05) is 38.7 Å². The Labute approximate surface area is 210 Å². The van der Waals surface area contributed by atoms with Crippen molar-refractivity contribution in [2.24, 2.45) is 0 Å². The molecule has 0 unspecified atom stereocenters. The van der Waals surface area contributed by atoms with Gasteiger partial charge in [0.1, 0.15) is 23.0 Å². The molecule has 1 aliphatic rings. The van der Waals surface area contributed by atoms with Crippen LogP contribution in [0.2, 0.25) is 5.02 Å². The normalized spacial score (nSPS) is 15.0. The standard InChI is InChI=1S/C24H25ClF4N4O3/c1-34-19-12-18-15(23(31-13-30-18)32-17-4-3-16(26)21(25)22(17)27)11-20(19)35-10-2-7-33-8-5-14(6-9-33)36-24(28)29/h3-4,11-14,24H,2,5-10H2,1H3,(H,30,31,32). The number of hydrogen-bond donors (Lipinski definition) is 1. The largest absolute Gasteiger partial charge is 0.493 e. The number of nitrogens with one attached hydrogen (secondary N) is 1. The Morgan fingerprint density at radius 1 is 1.14 bits per heavy atom. The molecule has 1 aromatic heterocycles. The number of methoxy groups -OCH3 is 1. The Balaban J connectivity index is 1.42. The summed E-state index contributed by atoms with van der Waals surface area (Å²) >= 11 is 5.69. The van der Waals surface area contributed by atoms with E-state index in [1.54, 1.807) is 12.1 Å². The average molecular weight is 529 g/mol. The van der Waals surface area contributed by atoms with E-state index in [0.717, 1.165) is 12.6 Å². The Morgan fingerprint density at radius 2 is 1.92 bits per heavy atom. The zero-order valence-corrected chi connectivity index (χ0v) is 20.2. The summed E-state index contributed by atoms with van der Waals surface area (Å²) in [6.45, 7) is -0.230. The number of likely N-dealkylation sites (tertiary alicyclic amines) is 1. The van der Waals surface area contributed by atoms with E-state index < -0.39 is 29.4 Å². The Hall–Kier alpha value is -2.89. The number of aromatic nitrogens is 2. The van der Waals surface area contributed by atoms with E-state index in [2.05, 4.69) is 24.9 Å². The number of hydrogen-bond acceptors (Lipinski definition) is 7. The van der Waals surface area contributed by atoms with Crippen LogP contribution in [0.3, 0.4) is 0 Å². The minimum Gasteiger partial charge on any atom is -0.493 e. The van der Waals surface area contributed by atoms with Crippen molar-refractivity contribution in [3.63, 3.8) is 0 Å². The van der Waals surface area contributed by atoms with E-state index >= 15 is 0 Å². The first-order valence-corrected chi connectivity index (χ1v) is 11.8. The molecule has 0 radical (unpaired) electrons. The van der Waals surface area contributed by atoms with Crippen molar-refractivity contribution in [2.45, 2.75) is 32.0 Å². The molecule has 2 heterocycles. The lowest BCUT2D eigenvalue weighted by atomic mass is 10.1. The predicted molar refractivity (Wildman–Crippen MR) is 127 cm³/mol. The highest BCUT2D eigenvalue weighted by Gasteiger charge is 2.22. The van der Waals surface area contributed by atoms with Crippen molar-refractivity contribution < 1.29 is 31.8 Å². The molecule has 0 aliphatic carbocycles. The molecule has 0 bridgehead atoms. The van der Waals surface area contributed by atoms with Crippen molar-refractivity contribution in [3.8, 4) is 11.5 Å². The number of benzene rings is 2. The molecule has 4 rings (SSSR count). The Morgan fingerprint density at radius 3 is 2.64 bits per heavy atom. The van der Waals surface area contributed by atoms with E-state index in [0.29, 0.717) is 61.4 Å². The molecule has 194 valence electrons. The third kappa shape index (κ3) is 6.26. The molecule has 3 aromatic rings. The molecule has 36 heavy (non-hydrogen) atoms. The maximum atomic E-state index is 14.4. The molecular formula is C24H25ClF4N4O3. The molecule has 1 aliphatic heterocycles. The molecule has 1 fully saturated rings. The van der Waals surface area contributed by atoms with Crippen LogP contribution in [0.15, 0.2) is 30.6 Å². The number of alkyl halides is 2. The van der Waals surface area contributed by atoms with Crippen LogP contribution >= 0.6 is 11.6 Å². The molecule has 2 aromatic carbocycles. The van der Waals surface area contributed by atoms with E-state index in [1.807, 2.05) is 0 Å². The van der Waals surface area contributed by atoms with Gasteiger partial charge in [-0.15, -0.1) is 0 Å². The van der Waals surface area contributed by atoms with Crippen LogP contribution in [-0.2, 0) is 4.74 Å². The molecule has 12 heteroatoms. The summed E-state index contributed by atoms with van der Waals surface area (Å²) in [6.07, 6.45) is 2.75. The topological polar surface area (TPSA) is 68.7 Å². The lowest BCUT2D eigenvalue weighted by molar-refractivity contribution is -0.172. The smallest absolute Gasteiger partial charge is 0.345 e. The van der Waals surface area contributed by atoms with Crippen LogP contribution in [0, 0.1) is 11.6 Å². The summed E-state index contributed by atoms with van der Waals surface area (Å²) < 4.78 is 68.6. The van der Waals surface area contributed by atoms with Gasteiger partial charge in [-0.2, -0.15) is 8.78 Å². The zero-order chi connectivity index (χ0) is 25.7. The van der Waals surface area contributed by atoms with Gasteiger partial charge in [0.25, 0.3) is 0 Å². The summed E-state index contributed by atoms with van der Waals surface area (Å²) in [6, 6.07) is 5.66. The fraction of sp³-hybridized carbons (Fsp3) is 0.417. The number of nitrogens with zero attached hydrogens (tertiary/aromatic N) is 3. The van der Waals surface area contributed by atoms with E-state index in [9.17, 15) is 17.6 Å². The minimum atomic E-state index is -2.74. The van der Waals surface area contributed by atoms with Crippen LogP contribution in [0.1, 0.15) is 19.3 Å². The first kappa shape index (κ1) is 26.2. The van der Waals surface area contributed by atoms with Gasteiger partial charge in [-0.05, 0) is 37.5 Å². The number of ether oxygens (including phenoxy) is 3. The van der Waals surface area contributed by atoms with Crippen LogP contribution in [0.25, 0.3) is 10.9 Å². The first-order chi connectivity index (χ1) is 17.4. The Bertz CT molecular complexity index is 1200. The van der Waals surface area contributed by atoms with Gasteiger partial charge in [-0.1, -0.05) is 11.6 Å². The Kier molecular flexibility index (Phi) is 8.65. The molecule has 1 saturated heterocycles. The highest BCUT2D eigenvalue weighted by Crippen LogP contribution is 2.36. The van der Waals surface area contributed by atoms with E-state index in [-0.39, 0.29) is 11.5 Å². The molecular weight excluding hydrogens is 504 g/mol. The maximum absolute atomic E-state index is 14.4. The molecule has 0 amide bonds. The van der Waals surface area contributed by atoms with Crippen molar-refractivity contribution in [1.29, 1.82) is 0 Å². The average Bonchev–Trinajstić information content (AvgIpc) is 2.87. The van der Waals surface area contributed by atoms with Crippen LogP contribution in [0.5, 0.6) is 11.5 Å². The van der Waals surface area contributed by atoms with Crippen molar-refractivity contribution in [1.82, 2.24) is 14.9 Å². The summed E-state index contributed by atoms with van der Waals surface area (Å²) in [5.74, 6) is -0.600. The fourth-order valence-corrected chi connectivity index (χ4v) is 4.24. The second-order valence-corrected chi connectivity index (χ2v) is 8.61. The van der Waals surface area contributed by atoms with Gasteiger partial charge in [0.15, 0.2) is 17.3 Å². The summed E-state index contributed by atoms with van der Waals surface area (Å²) in [5.41, 5.74) is 0.488. The highest BCUT2D eigenvalue weighted by atomic mass is 35.5. The van der Waals surface area contributed by atoms with Gasteiger partial charge in [0, 0.05) is 31.1 Å². The lowest BCUT2D eigenvalue weighted by Gasteiger charge is -2.31. The molecule has 1 N–H and O–H groups in total. The number of fused-ring (bicyclic) bond motifs is 1. The fourth-order valence-electron chi connectivity index (χ4n) is 4.07. The van der Waals surface area contributed by atoms with Crippen LogP contribution < -0.4 is 14.8 Å². The summed E-state index contributed by atoms with van der Waals surface area (Å²) in [4.78, 5) is 10.6. The predicted octanol–water partition coefficient (Wildman–Crippen LogP) is 5.79. The van der Waals surface area contributed by atoms with Gasteiger partial charge in [0.05, 0.1) is 31.0 Å². The van der Waals surface area contributed by atoms with E-state index in [1.165, 1.54) is 19.5 Å². The molecule has 0 spiro atoms. The third-order valence-electron chi connectivity index (χ3n) is 5.92. The van der Waals surface area contributed by atoms with Gasteiger partial charge in [-0.25, -0.2) is 18.7 Å². The molecule has 7 nitrogen and oxygen atoms in total. The van der Waals surface area contributed by atoms with Gasteiger partial charge in [-0.3, -0.25) is 0 Å². The quantitative estimate of drug-likeness (QED) is 0.203. The highest BCUT2D eigenvalue weighted by molar-refractivity contribution is 6.31. The van der Waals surface area contributed by atoms with Crippen molar-refractivity contribution in [3.05, 3.63) is 47.2 Å². The first-order valence-electron chi connectivity index (χ1n) is 11.4.